The van der Waals surface area contributed by atoms with Crippen LogP contribution in [0.1, 0.15) is 28.9 Å². The molecule has 3 amide bonds. The summed E-state index contributed by atoms with van der Waals surface area (Å²) < 4.78 is 2.81. The standard InChI is InChI=1S/C19H19BrN4O2/c1-12(13-6-5-7-14(20)10-13)21-19(26)23-22-18(25)16-11-24(2)17-9-4-3-8-15(16)17/h3-12H,1-2H3,(H,22,25)(H2,21,23,26)/t12-/m1/s1. The van der Waals surface area contributed by atoms with Gasteiger partial charge in [0.2, 0.25) is 0 Å². The Bertz CT molecular complexity index is 967. The van der Waals surface area contributed by atoms with Crippen LogP contribution in [0, 0.1) is 0 Å². The van der Waals surface area contributed by atoms with Gasteiger partial charge in [-0.25, -0.2) is 10.2 Å². The lowest BCUT2D eigenvalue weighted by Crippen LogP contribution is -2.47. The molecule has 0 fully saturated rings. The van der Waals surface area contributed by atoms with Crippen LogP contribution in [0.15, 0.2) is 59.2 Å². The van der Waals surface area contributed by atoms with E-state index in [-0.39, 0.29) is 11.9 Å². The maximum absolute atomic E-state index is 12.4. The number of rotatable bonds is 3. The molecule has 134 valence electrons. The molecule has 1 atom stereocenters. The Morgan fingerprint density at radius 3 is 2.62 bits per heavy atom. The molecular weight excluding hydrogens is 396 g/mol. The van der Waals surface area contributed by atoms with Gasteiger partial charge in [-0.05, 0) is 30.7 Å². The van der Waals surface area contributed by atoms with Crippen molar-refractivity contribution < 1.29 is 9.59 Å². The van der Waals surface area contributed by atoms with Crippen LogP contribution in [0.5, 0.6) is 0 Å². The number of aryl methyl sites for hydroxylation is 1. The number of amides is 3. The molecule has 0 unspecified atom stereocenters. The van der Waals surface area contributed by atoms with Crippen molar-refractivity contribution >= 4 is 38.8 Å². The van der Waals surface area contributed by atoms with Gasteiger partial charge in [-0.15, -0.1) is 0 Å². The summed E-state index contributed by atoms with van der Waals surface area (Å²) in [5.74, 6) is -0.368. The largest absolute Gasteiger partial charge is 0.350 e. The number of nitrogens with one attached hydrogen (secondary N) is 3. The van der Waals surface area contributed by atoms with E-state index in [9.17, 15) is 9.59 Å². The van der Waals surface area contributed by atoms with E-state index in [0.29, 0.717) is 5.56 Å². The number of aromatic nitrogens is 1. The minimum Gasteiger partial charge on any atom is -0.350 e. The molecule has 0 spiro atoms. The number of benzene rings is 2. The van der Waals surface area contributed by atoms with E-state index >= 15 is 0 Å². The summed E-state index contributed by atoms with van der Waals surface area (Å²) in [6.07, 6.45) is 1.74. The highest BCUT2D eigenvalue weighted by Gasteiger charge is 2.15. The van der Waals surface area contributed by atoms with E-state index < -0.39 is 6.03 Å². The fraction of sp³-hybridized carbons (Fsp3) is 0.158. The van der Waals surface area contributed by atoms with E-state index in [1.165, 1.54) is 0 Å². The average Bonchev–Trinajstić information content (AvgIpc) is 2.97. The van der Waals surface area contributed by atoms with Gasteiger partial charge in [0.25, 0.3) is 5.91 Å². The summed E-state index contributed by atoms with van der Waals surface area (Å²) in [4.78, 5) is 24.5. The highest BCUT2D eigenvalue weighted by Crippen LogP contribution is 2.20. The molecule has 0 saturated heterocycles. The summed E-state index contributed by atoms with van der Waals surface area (Å²) in [6, 6.07) is 14.6. The van der Waals surface area contributed by atoms with Crippen LogP contribution in [-0.2, 0) is 7.05 Å². The van der Waals surface area contributed by atoms with Gasteiger partial charge in [-0.1, -0.05) is 46.3 Å². The van der Waals surface area contributed by atoms with E-state index in [0.717, 1.165) is 20.9 Å². The molecule has 1 heterocycles. The van der Waals surface area contributed by atoms with Crippen molar-refractivity contribution in [2.24, 2.45) is 7.05 Å². The first kappa shape index (κ1) is 18.0. The summed E-state index contributed by atoms with van der Waals surface area (Å²) in [5.41, 5.74) is 7.25. The molecule has 7 heteroatoms. The number of hydrazine groups is 1. The first-order valence-electron chi connectivity index (χ1n) is 8.12. The van der Waals surface area contributed by atoms with Crippen LogP contribution >= 0.6 is 15.9 Å². The van der Waals surface area contributed by atoms with Gasteiger partial charge in [0, 0.05) is 28.6 Å². The van der Waals surface area contributed by atoms with Gasteiger partial charge in [-0.3, -0.25) is 10.2 Å². The zero-order chi connectivity index (χ0) is 18.7. The predicted molar refractivity (Wildman–Crippen MR) is 105 cm³/mol. The van der Waals surface area contributed by atoms with Crippen molar-refractivity contribution in [2.75, 3.05) is 0 Å². The zero-order valence-corrected chi connectivity index (χ0v) is 16.0. The quantitative estimate of drug-likeness (QED) is 0.572. The van der Waals surface area contributed by atoms with Crippen LogP contribution < -0.4 is 16.2 Å². The number of hydrogen-bond donors (Lipinski definition) is 3. The van der Waals surface area contributed by atoms with Crippen LogP contribution in [0.3, 0.4) is 0 Å². The molecule has 6 nitrogen and oxygen atoms in total. The van der Waals surface area contributed by atoms with Crippen molar-refractivity contribution in [1.82, 2.24) is 20.7 Å². The molecule has 0 aliphatic carbocycles. The minimum atomic E-state index is -0.480. The number of urea groups is 1. The third kappa shape index (κ3) is 3.88. The molecule has 0 saturated carbocycles. The molecule has 3 rings (SSSR count). The number of fused-ring (bicyclic) bond motifs is 1. The molecule has 0 bridgehead atoms. The zero-order valence-electron chi connectivity index (χ0n) is 14.4. The van der Waals surface area contributed by atoms with E-state index in [1.807, 2.05) is 67.1 Å². The topological polar surface area (TPSA) is 75.2 Å². The predicted octanol–water partition coefficient (Wildman–Crippen LogP) is 3.65. The number of para-hydroxylation sites is 1. The van der Waals surface area contributed by atoms with Crippen LogP contribution in [0.2, 0.25) is 0 Å². The fourth-order valence-corrected chi connectivity index (χ4v) is 3.21. The molecular formula is C19H19BrN4O2. The molecule has 26 heavy (non-hydrogen) atoms. The Morgan fingerprint density at radius 2 is 1.85 bits per heavy atom. The van der Waals surface area contributed by atoms with Gasteiger partial charge in [0.05, 0.1) is 11.6 Å². The van der Waals surface area contributed by atoms with Gasteiger partial charge in [0.15, 0.2) is 0 Å². The van der Waals surface area contributed by atoms with Crippen LogP contribution in [0.4, 0.5) is 4.79 Å². The number of carbonyl (C=O) groups is 2. The van der Waals surface area contributed by atoms with Crippen molar-refractivity contribution in [3.8, 4) is 0 Å². The Hall–Kier alpha value is -2.80. The highest BCUT2D eigenvalue weighted by atomic mass is 79.9. The van der Waals surface area contributed by atoms with E-state index in [2.05, 4.69) is 32.1 Å². The number of carbonyl (C=O) groups excluding carboxylic acids is 2. The summed E-state index contributed by atoms with van der Waals surface area (Å²) in [6.45, 7) is 1.87. The lowest BCUT2D eigenvalue weighted by Gasteiger charge is -2.15. The fourth-order valence-electron chi connectivity index (χ4n) is 2.80. The Morgan fingerprint density at radius 1 is 1.08 bits per heavy atom. The van der Waals surface area contributed by atoms with Crippen molar-refractivity contribution in [1.29, 1.82) is 0 Å². The van der Waals surface area contributed by atoms with Gasteiger partial charge >= 0.3 is 6.03 Å². The molecule has 1 aromatic heterocycles. The summed E-state index contributed by atoms with van der Waals surface area (Å²) in [7, 11) is 1.87. The summed E-state index contributed by atoms with van der Waals surface area (Å²) in [5, 5.41) is 3.61. The lowest BCUT2D eigenvalue weighted by molar-refractivity contribution is 0.0937. The molecule has 0 aliphatic heterocycles. The monoisotopic (exact) mass is 414 g/mol. The van der Waals surface area contributed by atoms with Crippen molar-refractivity contribution in [2.45, 2.75) is 13.0 Å². The normalized spacial score (nSPS) is 11.8. The Labute approximate surface area is 159 Å². The molecule has 3 N–H and O–H groups in total. The second-order valence-corrected chi connectivity index (χ2v) is 6.92. The Kier molecular flexibility index (Phi) is 5.27. The molecule has 0 radical (unpaired) electrons. The van der Waals surface area contributed by atoms with Gasteiger partial charge in [0.1, 0.15) is 0 Å². The summed E-state index contributed by atoms with van der Waals surface area (Å²) >= 11 is 3.41. The average molecular weight is 415 g/mol. The van der Waals surface area contributed by atoms with Crippen LogP contribution in [0.25, 0.3) is 10.9 Å². The Balaban J connectivity index is 1.61. The van der Waals surface area contributed by atoms with Crippen molar-refractivity contribution in [3.63, 3.8) is 0 Å². The first-order valence-corrected chi connectivity index (χ1v) is 8.91. The lowest BCUT2D eigenvalue weighted by atomic mass is 10.1. The molecule has 2 aromatic carbocycles. The molecule has 3 aromatic rings. The second kappa shape index (κ2) is 7.61. The maximum atomic E-state index is 12.4. The van der Waals surface area contributed by atoms with E-state index in [1.54, 1.807) is 6.20 Å². The van der Waals surface area contributed by atoms with E-state index in [4.69, 9.17) is 0 Å². The van der Waals surface area contributed by atoms with Gasteiger partial charge in [-0.2, -0.15) is 0 Å². The van der Waals surface area contributed by atoms with Crippen molar-refractivity contribution in [3.05, 3.63) is 70.3 Å². The third-order valence-electron chi connectivity index (χ3n) is 4.13. The first-order chi connectivity index (χ1) is 12.5. The SMILES string of the molecule is C[C@@H](NC(=O)NNC(=O)c1cn(C)c2ccccc12)c1cccc(Br)c1. The third-order valence-corrected chi connectivity index (χ3v) is 4.62. The van der Waals surface area contributed by atoms with Crippen LogP contribution in [-0.4, -0.2) is 16.5 Å². The van der Waals surface area contributed by atoms with Gasteiger partial charge < -0.3 is 9.88 Å². The maximum Gasteiger partial charge on any atom is 0.333 e. The minimum absolute atomic E-state index is 0.207. The number of halogens is 1. The number of nitrogens with zero attached hydrogens (tertiary/aromatic N) is 1. The molecule has 0 aliphatic rings. The number of hydrogen-bond acceptors (Lipinski definition) is 2. The highest BCUT2D eigenvalue weighted by molar-refractivity contribution is 9.10. The second-order valence-electron chi connectivity index (χ2n) is 6.00. The smallest absolute Gasteiger partial charge is 0.333 e.